The van der Waals surface area contributed by atoms with Crippen molar-refractivity contribution in [3.05, 3.63) is 33.6 Å². The van der Waals surface area contributed by atoms with Crippen LogP contribution >= 0.6 is 0 Å². The second-order valence-electron chi connectivity index (χ2n) is 5.27. The van der Waals surface area contributed by atoms with Crippen molar-refractivity contribution in [1.29, 1.82) is 5.41 Å². The van der Waals surface area contributed by atoms with E-state index in [0.717, 1.165) is 25.0 Å². The van der Waals surface area contributed by atoms with Crippen LogP contribution in [-0.4, -0.2) is 36.0 Å². The molecular formula is C13H14FN5O2. The highest BCUT2D eigenvalue weighted by atomic mass is 19.1. The lowest BCUT2D eigenvalue weighted by Crippen LogP contribution is -2.39. The normalized spacial score (nSPS) is 19.6. The molecule has 1 saturated carbocycles. The fourth-order valence-electron chi connectivity index (χ4n) is 2.33. The van der Waals surface area contributed by atoms with Crippen molar-refractivity contribution in [2.24, 2.45) is 5.10 Å². The van der Waals surface area contributed by atoms with Gasteiger partial charge in [-0.1, -0.05) is 0 Å². The van der Waals surface area contributed by atoms with E-state index in [1.807, 2.05) is 0 Å². The average Bonchev–Trinajstić information content (AvgIpc) is 3.24. The molecule has 0 saturated heterocycles. The molecule has 1 fully saturated rings. The van der Waals surface area contributed by atoms with Crippen molar-refractivity contribution in [3.8, 4) is 0 Å². The molecule has 0 aromatic heterocycles. The van der Waals surface area contributed by atoms with Crippen LogP contribution in [0, 0.1) is 21.3 Å². The minimum atomic E-state index is -0.727. The van der Waals surface area contributed by atoms with Gasteiger partial charge in [0.25, 0.3) is 5.69 Å². The molecule has 110 valence electrons. The standard InChI is InChI=1S/C13H14FN5O2/c1-18-6-10(17-16-8-2-3-8)12(15)9-4-7(14)5-11(13(9)18)19(20)21/h4-5,8,15-16H,2-3,6H2,1H3/b15-12?,17-10-. The highest BCUT2D eigenvalue weighted by molar-refractivity contribution is 6.50. The first-order chi connectivity index (χ1) is 9.97. The number of nitro groups is 1. The van der Waals surface area contributed by atoms with Crippen molar-refractivity contribution in [1.82, 2.24) is 5.43 Å². The van der Waals surface area contributed by atoms with Crippen LogP contribution in [0.2, 0.25) is 0 Å². The molecule has 0 bridgehead atoms. The Labute approximate surface area is 120 Å². The van der Waals surface area contributed by atoms with E-state index in [9.17, 15) is 14.5 Å². The van der Waals surface area contributed by atoms with Gasteiger partial charge in [-0.25, -0.2) is 4.39 Å². The topological polar surface area (TPSA) is 94.6 Å². The lowest BCUT2D eigenvalue weighted by molar-refractivity contribution is -0.384. The number of benzene rings is 1. The summed E-state index contributed by atoms with van der Waals surface area (Å²) in [7, 11) is 1.67. The molecule has 1 heterocycles. The lowest BCUT2D eigenvalue weighted by Gasteiger charge is -2.28. The SMILES string of the molecule is CN1C/C(=N/NC2CC2)C(=N)c2cc(F)cc([N+](=O)[O-])c21. The maximum Gasteiger partial charge on any atom is 0.296 e. The largest absolute Gasteiger partial charge is 0.362 e. The number of nitrogens with one attached hydrogen (secondary N) is 2. The van der Waals surface area contributed by atoms with Gasteiger partial charge in [-0.3, -0.25) is 15.5 Å². The zero-order chi connectivity index (χ0) is 15.1. The Hall–Kier alpha value is -2.51. The molecule has 2 aliphatic rings. The van der Waals surface area contributed by atoms with Crippen molar-refractivity contribution < 1.29 is 9.31 Å². The number of rotatable bonds is 3. The highest BCUT2D eigenvalue weighted by Crippen LogP contribution is 2.35. The van der Waals surface area contributed by atoms with Crippen molar-refractivity contribution in [2.45, 2.75) is 18.9 Å². The first-order valence-corrected chi connectivity index (χ1v) is 6.58. The Balaban J connectivity index is 2.05. The van der Waals surface area contributed by atoms with Crippen LogP contribution in [0.1, 0.15) is 18.4 Å². The number of hydrazone groups is 1. The zero-order valence-electron chi connectivity index (χ0n) is 11.4. The summed E-state index contributed by atoms with van der Waals surface area (Å²) in [6.45, 7) is 0.276. The smallest absolute Gasteiger partial charge is 0.296 e. The second kappa shape index (κ2) is 4.80. The summed E-state index contributed by atoms with van der Waals surface area (Å²) in [5.41, 5.74) is 3.57. The predicted octanol–water partition coefficient (Wildman–Crippen LogP) is 1.66. The predicted molar refractivity (Wildman–Crippen MR) is 76.7 cm³/mol. The third-order valence-corrected chi connectivity index (χ3v) is 3.54. The molecule has 8 heteroatoms. The monoisotopic (exact) mass is 291 g/mol. The molecule has 1 aromatic rings. The van der Waals surface area contributed by atoms with E-state index in [4.69, 9.17) is 5.41 Å². The molecular weight excluding hydrogens is 277 g/mol. The molecule has 0 atom stereocenters. The Morgan fingerprint density at radius 2 is 2.24 bits per heavy atom. The summed E-state index contributed by atoms with van der Waals surface area (Å²) in [5.74, 6) is -0.727. The van der Waals surface area contributed by atoms with Gasteiger partial charge in [-0.05, 0) is 18.9 Å². The second-order valence-corrected chi connectivity index (χ2v) is 5.27. The Morgan fingerprint density at radius 3 is 2.86 bits per heavy atom. The van der Waals surface area contributed by atoms with Crippen LogP contribution in [0.25, 0.3) is 0 Å². The minimum absolute atomic E-state index is 0.0267. The number of hydrogen-bond acceptors (Lipinski definition) is 6. The molecule has 1 aliphatic carbocycles. The Kier molecular flexibility index (Phi) is 3.08. The maximum atomic E-state index is 13.6. The third kappa shape index (κ3) is 2.44. The summed E-state index contributed by atoms with van der Waals surface area (Å²) in [6, 6.07) is 2.37. The highest BCUT2D eigenvalue weighted by Gasteiger charge is 2.32. The van der Waals surface area contributed by atoms with Crippen LogP contribution in [0.3, 0.4) is 0 Å². The average molecular weight is 291 g/mol. The number of halogens is 1. The number of nitrogens with zero attached hydrogens (tertiary/aromatic N) is 3. The number of anilines is 1. The maximum absolute atomic E-state index is 13.6. The van der Waals surface area contributed by atoms with E-state index in [-0.39, 0.29) is 29.2 Å². The van der Waals surface area contributed by atoms with E-state index >= 15 is 0 Å². The summed E-state index contributed by atoms with van der Waals surface area (Å²) < 4.78 is 13.6. The molecule has 1 aliphatic heterocycles. The first kappa shape index (κ1) is 13.5. The Morgan fingerprint density at radius 1 is 1.52 bits per heavy atom. The van der Waals surface area contributed by atoms with Gasteiger partial charge in [0.2, 0.25) is 0 Å². The van der Waals surface area contributed by atoms with E-state index < -0.39 is 10.7 Å². The van der Waals surface area contributed by atoms with Crippen LogP contribution < -0.4 is 10.3 Å². The van der Waals surface area contributed by atoms with Crippen LogP contribution in [0.5, 0.6) is 0 Å². The lowest BCUT2D eigenvalue weighted by atomic mass is 9.97. The Bertz CT molecular complexity index is 669. The third-order valence-electron chi connectivity index (χ3n) is 3.54. The van der Waals surface area contributed by atoms with Gasteiger partial charge < -0.3 is 10.3 Å². The summed E-state index contributed by atoms with van der Waals surface area (Å²) in [5, 5.41) is 23.4. The summed E-state index contributed by atoms with van der Waals surface area (Å²) in [6.07, 6.45) is 2.10. The fourth-order valence-corrected chi connectivity index (χ4v) is 2.33. The quantitative estimate of drug-likeness (QED) is 0.654. The number of nitro benzene ring substituents is 1. The molecule has 0 spiro atoms. The van der Waals surface area contributed by atoms with Gasteiger partial charge in [0.05, 0.1) is 23.2 Å². The van der Waals surface area contributed by atoms with Gasteiger partial charge >= 0.3 is 0 Å². The van der Waals surface area contributed by atoms with Gasteiger partial charge in [0.1, 0.15) is 17.2 Å². The van der Waals surface area contributed by atoms with Gasteiger partial charge in [-0.15, -0.1) is 0 Å². The van der Waals surface area contributed by atoms with Gasteiger partial charge in [0.15, 0.2) is 0 Å². The van der Waals surface area contributed by atoms with E-state index in [0.29, 0.717) is 11.8 Å². The molecule has 2 N–H and O–H groups in total. The number of fused-ring (bicyclic) bond motifs is 1. The molecule has 7 nitrogen and oxygen atoms in total. The van der Waals surface area contributed by atoms with E-state index in [1.54, 1.807) is 11.9 Å². The molecule has 0 unspecified atom stereocenters. The van der Waals surface area contributed by atoms with Crippen LogP contribution in [-0.2, 0) is 0 Å². The number of hydrogen-bond donors (Lipinski definition) is 2. The van der Waals surface area contributed by atoms with Gasteiger partial charge in [-0.2, -0.15) is 5.10 Å². The van der Waals surface area contributed by atoms with Crippen molar-refractivity contribution >= 4 is 22.8 Å². The molecule has 0 amide bonds. The molecule has 0 radical (unpaired) electrons. The molecule has 1 aromatic carbocycles. The fraction of sp³-hybridized carbons (Fsp3) is 0.385. The van der Waals surface area contributed by atoms with Crippen molar-refractivity contribution in [3.63, 3.8) is 0 Å². The molecule has 21 heavy (non-hydrogen) atoms. The van der Waals surface area contributed by atoms with E-state index in [1.165, 1.54) is 0 Å². The first-order valence-electron chi connectivity index (χ1n) is 6.58. The van der Waals surface area contributed by atoms with Crippen molar-refractivity contribution in [2.75, 3.05) is 18.5 Å². The minimum Gasteiger partial charge on any atom is -0.362 e. The summed E-state index contributed by atoms with van der Waals surface area (Å²) >= 11 is 0. The molecule has 3 rings (SSSR count). The van der Waals surface area contributed by atoms with Gasteiger partial charge in [0, 0.05) is 18.7 Å². The zero-order valence-corrected chi connectivity index (χ0v) is 11.4. The van der Waals surface area contributed by atoms with Crippen LogP contribution in [0.15, 0.2) is 17.2 Å². The van der Waals surface area contributed by atoms with E-state index in [2.05, 4.69) is 10.5 Å². The van der Waals surface area contributed by atoms with Crippen LogP contribution in [0.4, 0.5) is 15.8 Å². The summed E-state index contributed by atoms with van der Waals surface area (Å²) in [4.78, 5) is 12.1.